The van der Waals surface area contributed by atoms with Gasteiger partial charge in [-0.15, -0.1) is 0 Å². The molecule has 0 aromatic heterocycles. The van der Waals surface area contributed by atoms with Crippen LogP contribution in [0.15, 0.2) is 11.6 Å². The van der Waals surface area contributed by atoms with E-state index in [4.69, 9.17) is 8.85 Å². The van der Waals surface area contributed by atoms with Crippen LogP contribution in [0.3, 0.4) is 0 Å². The van der Waals surface area contributed by atoms with E-state index < -0.39 is 8.56 Å². The van der Waals surface area contributed by atoms with Crippen molar-refractivity contribution in [2.24, 2.45) is 11.8 Å². The molecule has 0 aromatic carbocycles. The minimum atomic E-state index is -1.83. The fourth-order valence-electron chi connectivity index (χ4n) is 2.89. The monoisotopic (exact) mass is 226 g/mol. The van der Waals surface area contributed by atoms with E-state index in [2.05, 4.69) is 12.6 Å². The molecule has 0 aromatic rings. The SMILES string of the molecule is CO[Si](C)(CCC1=CC2CCC1C2)OC. The maximum absolute atomic E-state index is 5.52. The zero-order valence-corrected chi connectivity index (χ0v) is 11.1. The van der Waals surface area contributed by atoms with Gasteiger partial charge in [0, 0.05) is 14.2 Å². The van der Waals surface area contributed by atoms with E-state index >= 15 is 0 Å². The van der Waals surface area contributed by atoms with E-state index in [1.54, 1.807) is 19.8 Å². The van der Waals surface area contributed by atoms with Gasteiger partial charge in [0.2, 0.25) is 0 Å². The van der Waals surface area contributed by atoms with Crippen LogP contribution in [-0.2, 0) is 8.85 Å². The molecule has 2 atom stereocenters. The Bertz CT molecular complexity index is 258. The Morgan fingerprint density at radius 3 is 2.53 bits per heavy atom. The highest BCUT2D eigenvalue weighted by Crippen LogP contribution is 2.45. The lowest BCUT2D eigenvalue weighted by atomic mass is 9.97. The lowest BCUT2D eigenvalue weighted by molar-refractivity contribution is 0.249. The average molecular weight is 226 g/mol. The number of rotatable bonds is 5. The summed E-state index contributed by atoms with van der Waals surface area (Å²) in [5.74, 6) is 1.81. The van der Waals surface area contributed by atoms with Gasteiger partial charge < -0.3 is 8.85 Å². The summed E-state index contributed by atoms with van der Waals surface area (Å²) < 4.78 is 11.0. The molecule has 0 saturated heterocycles. The molecule has 1 saturated carbocycles. The quantitative estimate of drug-likeness (QED) is 0.530. The fourth-order valence-corrected chi connectivity index (χ4v) is 4.21. The topological polar surface area (TPSA) is 18.5 Å². The van der Waals surface area contributed by atoms with E-state index in [1.807, 2.05) is 0 Å². The first kappa shape index (κ1) is 11.4. The normalized spacial score (nSPS) is 29.7. The third-order valence-corrected chi connectivity index (χ3v) is 7.06. The zero-order valence-electron chi connectivity index (χ0n) is 10.1. The second-order valence-corrected chi connectivity index (χ2v) is 8.64. The molecule has 2 rings (SSSR count). The van der Waals surface area contributed by atoms with Crippen LogP contribution in [0, 0.1) is 11.8 Å². The third-order valence-electron chi connectivity index (χ3n) is 4.18. The maximum atomic E-state index is 5.52. The number of allylic oxidation sites excluding steroid dienone is 2. The molecular formula is C12H22O2Si. The largest absolute Gasteiger partial charge is 0.398 e. The van der Waals surface area contributed by atoms with Gasteiger partial charge in [0.25, 0.3) is 0 Å². The molecule has 0 radical (unpaired) electrons. The number of fused-ring (bicyclic) bond motifs is 2. The molecule has 0 aliphatic heterocycles. The van der Waals surface area contributed by atoms with Gasteiger partial charge in [0.1, 0.15) is 0 Å². The van der Waals surface area contributed by atoms with Crippen molar-refractivity contribution in [3.63, 3.8) is 0 Å². The van der Waals surface area contributed by atoms with Crippen LogP contribution in [0.4, 0.5) is 0 Å². The molecule has 0 spiro atoms. The first-order chi connectivity index (χ1) is 7.17. The maximum Gasteiger partial charge on any atom is 0.334 e. The molecule has 2 nitrogen and oxygen atoms in total. The minimum absolute atomic E-state index is 0.905. The second kappa shape index (κ2) is 4.40. The van der Waals surface area contributed by atoms with Gasteiger partial charge in [-0.3, -0.25) is 0 Å². The standard InChI is InChI=1S/C12H22O2Si/c1-13-15(3,14-2)7-6-12-9-10-4-5-11(12)8-10/h9-11H,4-8H2,1-3H3. The van der Waals surface area contributed by atoms with E-state index in [0.717, 1.165) is 17.9 Å². The molecule has 2 bridgehead atoms. The predicted molar refractivity (Wildman–Crippen MR) is 64.0 cm³/mol. The van der Waals surface area contributed by atoms with Gasteiger partial charge in [0.15, 0.2) is 0 Å². The molecule has 86 valence electrons. The highest BCUT2D eigenvalue weighted by Gasteiger charge is 2.35. The fraction of sp³-hybridized carbons (Fsp3) is 0.833. The van der Waals surface area contributed by atoms with Crippen molar-refractivity contribution in [3.8, 4) is 0 Å². The first-order valence-corrected chi connectivity index (χ1v) is 8.50. The van der Waals surface area contributed by atoms with Crippen molar-refractivity contribution in [3.05, 3.63) is 11.6 Å². The van der Waals surface area contributed by atoms with E-state index in [-0.39, 0.29) is 0 Å². The van der Waals surface area contributed by atoms with Crippen LogP contribution in [-0.4, -0.2) is 22.8 Å². The minimum Gasteiger partial charge on any atom is -0.398 e. The third kappa shape index (κ3) is 2.35. The molecule has 0 amide bonds. The molecular weight excluding hydrogens is 204 g/mol. The van der Waals surface area contributed by atoms with Gasteiger partial charge in [-0.1, -0.05) is 11.6 Å². The van der Waals surface area contributed by atoms with E-state index in [0.29, 0.717) is 0 Å². The summed E-state index contributed by atoms with van der Waals surface area (Å²) in [5, 5.41) is 0. The zero-order chi connectivity index (χ0) is 10.9. The summed E-state index contributed by atoms with van der Waals surface area (Å²) in [7, 11) is 1.73. The summed E-state index contributed by atoms with van der Waals surface area (Å²) in [6.45, 7) is 2.15. The molecule has 2 aliphatic rings. The summed E-state index contributed by atoms with van der Waals surface area (Å²) in [4.78, 5) is 0. The Balaban J connectivity index is 1.86. The van der Waals surface area contributed by atoms with Crippen LogP contribution in [0.2, 0.25) is 12.6 Å². The molecule has 2 unspecified atom stereocenters. The summed E-state index contributed by atoms with van der Waals surface area (Å²) in [6, 6.07) is 1.11. The van der Waals surface area contributed by atoms with E-state index in [9.17, 15) is 0 Å². The van der Waals surface area contributed by atoms with Crippen molar-refractivity contribution >= 4 is 8.56 Å². The number of hydrogen-bond acceptors (Lipinski definition) is 2. The van der Waals surface area contributed by atoms with Crippen molar-refractivity contribution in [2.45, 2.75) is 38.3 Å². The Morgan fingerprint density at radius 2 is 2.07 bits per heavy atom. The van der Waals surface area contributed by atoms with Crippen LogP contribution < -0.4 is 0 Å². The highest BCUT2D eigenvalue weighted by atomic mass is 28.4. The number of hydrogen-bond donors (Lipinski definition) is 0. The molecule has 0 heterocycles. The molecule has 15 heavy (non-hydrogen) atoms. The Labute approximate surface area is 93.9 Å². The first-order valence-electron chi connectivity index (χ1n) is 5.98. The molecule has 1 fully saturated rings. The Morgan fingerprint density at radius 1 is 1.33 bits per heavy atom. The smallest absolute Gasteiger partial charge is 0.334 e. The molecule has 2 aliphatic carbocycles. The van der Waals surface area contributed by atoms with Crippen LogP contribution in [0.1, 0.15) is 25.7 Å². The Kier molecular flexibility index (Phi) is 3.33. The van der Waals surface area contributed by atoms with E-state index in [1.165, 1.54) is 25.7 Å². The average Bonchev–Trinajstić information content (AvgIpc) is 2.87. The summed E-state index contributed by atoms with van der Waals surface area (Å²) >= 11 is 0. The lowest BCUT2D eigenvalue weighted by Crippen LogP contribution is -2.36. The van der Waals surface area contributed by atoms with Gasteiger partial charge >= 0.3 is 8.56 Å². The van der Waals surface area contributed by atoms with Gasteiger partial charge in [-0.2, -0.15) is 0 Å². The van der Waals surface area contributed by atoms with Crippen LogP contribution in [0.25, 0.3) is 0 Å². The van der Waals surface area contributed by atoms with Crippen molar-refractivity contribution < 1.29 is 8.85 Å². The highest BCUT2D eigenvalue weighted by molar-refractivity contribution is 6.65. The molecule has 0 N–H and O–H groups in total. The lowest BCUT2D eigenvalue weighted by Gasteiger charge is -2.24. The van der Waals surface area contributed by atoms with Crippen molar-refractivity contribution in [1.29, 1.82) is 0 Å². The predicted octanol–water partition coefficient (Wildman–Crippen LogP) is 3.10. The van der Waals surface area contributed by atoms with Gasteiger partial charge in [-0.05, 0) is 50.1 Å². The van der Waals surface area contributed by atoms with Crippen LogP contribution >= 0.6 is 0 Å². The summed E-state index contributed by atoms with van der Waals surface area (Å²) in [5.41, 5.74) is 1.69. The van der Waals surface area contributed by atoms with Gasteiger partial charge in [-0.25, -0.2) is 0 Å². The second-order valence-electron chi connectivity index (χ2n) is 5.05. The molecule has 3 heteroatoms. The van der Waals surface area contributed by atoms with Crippen molar-refractivity contribution in [2.75, 3.05) is 14.2 Å². The van der Waals surface area contributed by atoms with Gasteiger partial charge in [0.05, 0.1) is 0 Å². The summed E-state index contributed by atoms with van der Waals surface area (Å²) in [6.07, 6.45) is 8.00. The van der Waals surface area contributed by atoms with Crippen LogP contribution in [0.5, 0.6) is 0 Å². The van der Waals surface area contributed by atoms with Crippen molar-refractivity contribution in [1.82, 2.24) is 0 Å². The Hall–Kier alpha value is -0.123.